The third kappa shape index (κ3) is 5.61. The van der Waals surface area contributed by atoms with Crippen molar-refractivity contribution in [3.8, 4) is 17.2 Å². The van der Waals surface area contributed by atoms with Crippen LogP contribution >= 0.6 is 0 Å². The van der Waals surface area contributed by atoms with Crippen molar-refractivity contribution < 1.29 is 23.8 Å². The number of para-hydroxylation sites is 2. The molecule has 0 aliphatic rings. The molecule has 6 heteroatoms. The van der Waals surface area contributed by atoms with E-state index in [1.54, 1.807) is 38.4 Å². The van der Waals surface area contributed by atoms with Gasteiger partial charge in [-0.15, -0.1) is 0 Å². The molecular formula is C24H23NO5. The number of esters is 1. The van der Waals surface area contributed by atoms with Gasteiger partial charge in [0.15, 0.2) is 6.61 Å². The fourth-order valence-electron chi connectivity index (χ4n) is 2.81. The Hall–Kier alpha value is -3.80. The number of hydrogen-bond acceptors (Lipinski definition) is 5. The third-order valence-corrected chi connectivity index (χ3v) is 4.40. The molecule has 1 amide bonds. The number of methoxy groups -OCH3 is 1. The molecule has 0 unspecified atom stereocenters. The molecule has 30 heavy (non-hydrogen) atoms. The highest BCUT2D eigenvalue weighted by Crippen LogP contribution is 2.22. The Morgan fingerprint density at radius 3 is 2.33 bits per heavy atom. The van der Waals surface area contributed by atoms with Gasteiger partial charge in [-0.3, -0.25) is 4.79 Å². The van der Waals surface area contributed by atoms with E-state index in [9.17, 15) is 9.59 Å². The smallest absolute Gasteiger partial charge is 0.338 e. The number of carbonyl (C=O) groups is 2. The van der Waals surface area contributed by atoms with E-state index >= 15 is 0 Å². The summed E-state index contributed by atoms with van der Waals surface area (Å²) in [4.78, 5) is 26.2. The maximum absolute atomic E-state index is 12.4. The van der Waals surface area contributed by atoms with Gasteiger partial charge in [0, 0.05) is 19.2 Å². The molecule has 0 bridgehead atoms. The SMILES string of the molecule is COc1ccccc1CN(C)C(=O)COC(=O)c1cccc(Oc2ccccc2)c1. The summed E-state index contributed by atoms with van der Waals surface area (Å²) in [5, 5.41) is 0. The fraction of sp³-hybridized carbons (Fsp3) is 0.167. The second-order valence-corrected chi connectivity index (χ2v) is 6.58. The van der Waals surface area contributed by atoms with Crippen molar-refractivity contribution in [2.75, 3.05) is 20.8 Å². The zero-order valence-electron chi connectivity index (χ0n) is 16.9. The predicted molar refractivity (Wildman–Crippen MR) is 113 cm³/mol. The Bertz CT molecular complexity index is 1000. The zero-order valence-corrected chi connectivity index (χ0v) is 16.9. The summed E-state index contributed by atoms with van der Waals surface area (Å²) >= 11 is 0. The quantitative estimate of drug-likeness (QED) is 0.523. The highest BCUT2D eigenvalue weighted by Gasteiger charge is 2.15. The van der Waals surface area contributed by atoms with Gasteiger partial charge in [0.2, 0.25) is 0 Å². The summed E-state index contributed by atoms with van der Waals surface area (Å²) in [6.45, 7) is -0.00491. The van der Waals surface area contributed by atoms with Crippen LogP contribution in [0.4, 0.5) is 0 Å². The van der Waals surface area contributed by atoms with Gasteiger partial charge in [-0.05, 0) is 36.4 Å². The number of ether oxygens (including phenoxy) is 3. The van der Waals surface area contributed by atoms with Crippen LogP contribution in [0.3, 0.4) is 0 Å². The molecule has 0 fully saturated rings. The van der Waals surface area contributed by atoms with Gasteiger partial charge in [0.1, 0.15) is 17.2 Å². The van der Waals surface area contributed by atoms with Crippen LogP contribution in [-0.4, -0.2) is 37.5 Å². The van der Waals surface area contributed by atoms with Crippen molar-refractivity contribution >= 4 is 11.9 Å². The number of carbonyl (C=O) groups excluding carboxylic acids is 2. The van der Waals surface area contributed by atoms with Gasteiger partial charge in [0.25, 0.3) is 5.91 Å². The van der Waals surface area contributed by atoms with E-state index in [2.05, 4.69) is 0 Å². The number of hydrogen-bond donors (Lipinski definition) is 0. The summed E-state index contributed by atoms with van der Waals surface area (Å²) in [7, 11) is 3.23. The first-order chi connectivity index (χ1) is 14.6. The van der Waals surface area contributed by atoms with Crippen LogP contribution in [0.15, 0.2) is 78.9 Å². The molecule has 6 nitrogen and oxygen atoms in total. The van der Waals surface area contributed by atoms with E-state index in [0.717, 1.165) is 5.56 Å². The van der Waals surface area contributed by atoms with Crippen LogP contribution in [0.2, 0.25) is 0 Å². The Labute approximate surface area is 175 Å². The molecule has 0 atom stereocenters. The molecule has 3 aromatic carbocycles. The minimum Gasteiger partial charge on any atom is -0.496 e. The first-order valence-corrected chi connectivity index (χ1v) is 9.43. The molecule has 0 N–H and O–H groups in total. The topological polar surface area (TPSA) is 65.1 Å². The van der Waals surface area contributed by atoms with Crippen molar-refractivity contribution in [3.05, 3.63) is 90.0 Å². The predicted octanol–water partition coefficient (Wildman–Crippen LogP) is 4.30. The molecule has 3 rings (SSSR count). The van der Waals surface area contributed by atoms with E-state index in [1.165, 1.54) is 4.90 Å². The molecule has 0 radical (unpaired) electrons. The van der Waals surface area contributed by atoms with Gasteiger partial charge in [-0.25, -0.2) is 4.79 Å². The summed E-state index contributed by atoms with van der Waals surface area (Å²) in [6.07, 6.45) is 0. The second kappa shape index (κ2) is 10.1. The zero-order chi connectivity index (χ0) is 21.3. The maximum atomic E-state index is 12.4. The highest BCUT2D eigenvalue weighted by molar-refractivity contribution is 5.91. The highest BCUT2D eigenvalue weighted by atomic mass is 16.5. The van der Waals surface area contributed by atoms with Crippen LogP contribution in [0.5, 0.6) is 17.2 Å². The van der Waals surface area contributed by atoms with Crippen molar-refractivity contribution in [3.63, 3.8) is 0 Å². The van der Waals surface area contributed by atoms with E-state index in [1.807, 2.05) is 54.6 Å². The molecular weight excluding hydrogens is 382 g/mol. The lowest BCUT2D eigenvalue weighted by Crippen LogP contribution is -2.31. The first-order valence-electron chi connectivity index (χ1n) is 9.43. The molecule has 3 aromatic rings. The molecule has 0 heterocycles. The number of likely N-dealkylation sites (N-methyl/N-ethyl adjacent to an activating group) is 1. The van der Waals surface area contributed by atoms with Gasteiger partial charge < -0.3 is 19.1 Å². The number of benzene rings is 3. The van der Waals surface area contributed by atoms with Crippen molar-refractivity contribution in [2.24, 2.45) is 0 Å². The molecule has 0 aliphatic carbocycles. The maximum Gasteiger partial charge on any atom is 0.338 e. The lowest BCUT2D eigenvalue weighted by Gasteiger charge is -2.18. The normalized spacial score (nSPS) is 10.2. The molecule has 0 spiro atoms. The fourth-order valence-corrected chi connectivity index (χ4v) is 2.81. The number of nitrogens with zero attached hydrogens (tertiary/aromatic N) is 1. The third-order valence-electron chi connectivity index (χ3n) is 4.40. The summed E-state index contributed by atoms with van der Waals surface area (Å²) in [5.74, 6) is 0.967. The van der Waals surface area contributed by atoms with Gasteiger partial charge in [-0.1, -0.05) is 42.5 Å². The van der Waals surface area contributed by atoms with Crippen LogP contribution in [0, 0.1) is 0 Å². The monoisotopic (exact) mass is 405 g/mol. The lowest BCUT2D eigenvalue weighted by molar-refractivity contribution is -0.133. The molecule has 0 aromatic heterocycles. The Morgan fingerprint density at radius 1 is 0.867 bits per heavy atom. The molecule has 0 aliphatic heterocycles. The van der Waals surface area contributed by atoms with Crippen molar-refractivity contribution in [1.82, 2.24) is 4.90 Å². The van der Waals surface area contributed by atoms with Gasteiger partial charge in [-0.2, -0.15) is 0 Å². The van der Waals surface area contributed by atoms with E-state index < -0.39 is 5.97 Å². The summed E-state index contributed by atoms with van der Waals surface area (Å²) < 4.78 is 16.2. The minimum absolute atomic E-state index is 0.309. The molecule has 154 valence electrons. The number of amides is 1. The largest absolute Gasteiger partial charge is 0.496 e. The average Bonchev–Trinajstić information content (AvgIpc) is 2.78. The standard InChI is InChI=1S/C24H23NO5/c1-25(16-19-9-6-7-14-22(19)28-2)23(26)17-29-24(27)18-10-8-13-21(15-18)30-20-11-4-3-5-12-20/h3-15H,16-17H2,1-2H3. The molecule has 0 saturated heterocycles. The van der Waals surface area contributed by atoms with Crippen LogP contribution in [-0.2, 0) is 16.1 Å². The Balaban J connectivity index is 1.56. The summed E-state index contributed by atoms with van der Waals surface area (Å²) in [5.41, 5.74) is 1.18. The lowest BCUT2D eigenvalue weighted by atomic mass is 10.2. The summed E-state index contributed by atoms with van der Waals surface area (Å²) in [6, 6.07) is 23.3. The number of rotatable bonds is 8. The minimum atomic E-state index is -0.590. The first kappa shape index (κ1) is 20.9. The van der Waals surface area contributed by atoms with Crippen LogP contribution < -0.4 is 9.47 Å². The molecule has 0 saturated carbocycles. The Kier molecular flexibility index (Phi) is 7.05. The van der Waals surface area contributed by atoms with Crippen LogP contribution in [0.25, 0.3) is 0 Å². The van der Waals surface area contributed by atoms with Gasteiger partial charge in [0.05, 0.1) is 12.7 Å². The second-order valence-electron chi connectivity index (χ2n) is 6.58. The van der Waals surface area contributed by atoms with Gasteiger partial charge >= 0.3 is 5.97 Å². The van der Waals surface area contributed by atoms with Crippen LogP contribution in [0.1, 0.15) is 15.9 Å². The van der Waals surface area contributed by atoms with E-state index in [0.29, 0.717) is 29.4 Å². The van der Waals surface area contributed by atoms with Crippen molar-refractivity contribution in [1.29, 1.82) is 0 Å². The van der Waals surface area contributed by atoms with Crippen molar-refractivity contribution in [2.45, 2.75) is 6.54 Å². The Morgan fingerprint density at radius 2 is 1.57 bits per heavy atom. The van der Waals surface area contributed by atoms with E-state index in [-0.39, 0.29) is 12.5 Å². The van der Waals surface area contributed by atoms with E-state index in [4.69, 9.17) is 14.2 Å². The average molecular weight is 405 g/mol.